The van der Waals surface area contributed by atoms with Crippen LogP contribution < -0.4 is 17.7 Å². The van der Waals surface area contributed by atoms with E-state index in [-0.39, 0.29) is 0 Å². The van der Waals surface area contributed by atoms with Gasteiger partial charge in [-0.15, -0.1) is 0 Å². The van der Waals surface area contributed by atoms with Gasteiger partial charge in [-0.1, -0.05) is 0 Å². The van der Waals surface area contributed by atoms with Crippen LogP contribution in [0.3, 0.4) is 0 Å². The number of halogens is 2. The fourth-order valence-electron chi connectivity index (χ4n) is 5.63. The summed E-state index contributed by atoms with van der Waals surface area (Å²) in [5.74, 6) is 1.95. The first-order valence-corrected chi connectivity index (χ1v) is 18.7. The van der Waals surface area contributed by atoms with E-state index in [0.717, 1.165) is 45.3 Å². The Balaban J connectivity index is 1.60. The maximum absolute atomic E-state index is 6.44. The Labute approximate surface area is 265 Å². The molecule has 0 saturated carbocycles. The SMILES string of the molecule is CC(C)CCOc1n[c]([Ti]([C]2=CC=CC2)([C]2=CC=CC2)[c]2nc(OCCC(C)C)c3nc(Cl)cc-3[nH]2)[nH]c2cc(Cl)nc1-2. The van der Waals surface area contributed by atoms with Crippen LogP contribution in [0, 0.1) is 11.8 Å². The fraction of sp³-hybridized carbons (Fsp3) is 0.375. The molecule has 0 amide bonds. The summed E-state index contributed by atoms with van der Waals surface area (Å²) in [6.45, 7) is 9.77. The zero-order chi connectivity index (χ0) is 30.1. The standard InChI is InChI=1S/2C11H13ClN3O.2C5H5.Ti/c2*1-7(2)3-4-16-11-10-8(13-6-14-11)5-9(12)15-10;2*1-2-4-5-3-1;/h2*5,7H,3-4H2,1-2H3,(H,13,14);2*1-3H,4H2;. The van der Waals surface area contributed by atoms with Crippen molar-refractivity contribution in [3.8, 4) is 34.5 Å². The summed E-state index contributed by atoms with van der Waals surface area (Å²) in [5, 5.41) is 0.787. The second-order valence-electron chi connectivity index (χ2n) is 11.9. The molecule has 0 fully saturated rings. The number of ether oxygens (including phenoxy) is 2. The number of hydrogen-bond donors (Lipinski definition) is 2. The van der Waals surface area contributed by atoms with Gasteiger partial charge in [-0.05, 0) is 0 Å². The van der Waals surface area contributed by atoms with E-state index in [9.17, 15) is 0 Å². The molecule has 8 nitrogen and oxygen atoms in total. The monoisotopic (exact) mass is 654 g/mol. The van der Waals surface area contributed by atoms with Crippen molar-refractivity contribution in [3.05, 3.63) is 66.7 Å². The van der Waals surface area contributed by atoms with Gasteiger partial charge in [0.25, 0.3) is 0 Å². The molecule has 224 valence electrons. The molecule has 6 rings (SSSR count). The Hall–Kier alpha value is -2.91. The first-order valence-electron chi connectivity index (χ1n) is 14.9. The first kappa shape index (κ1) is 30.1. The average molecular weight is 655 g/mol. The predicted molar refractivity (Wildman–Crippen MR) is 169 cm³/mol. The van der Waals surface area contributed by atoms with Gasteiger partial charge in [0, 0.05) is 0 Å². The van der Waals surface area contributed by atoms with E-state index in [1.54, 1.807) is 0 Å². The number of aromatic amines is 2. The van der Waals surface area contributed by atoms with Gasteiger partial charge in [0.05, 0.1) is 0 Å². The van der Waals surface area contributed by atoms with Gasteiger partial charge in [0.2, 0.25) is 0 Å². The summed E-state index contributed by atoms with van der Waals surface area (Å²) in [7, 11) is 0. The van der Waals surface area contributed by atoms with Crippen molar-refractivity contribution in [2.75, 3.05) is 13.2 Å². The Kier molecular flexibility index (Phi) is 8.83. The van der Waals surface area contributed by atoms with Gasteiger partial charge in [0.1, 0.15) is 0 Å². The van der Waals surface area contributed by atoms with E-state index in [4.69, 9.17) is 42.6 Å². The van der Waals surface area contributed by atoms with Crippen LogP contribution in [0.5, 0.6) is 11.8 Å². The number of aromatic nitrogens is 6. The first-order chi connectivity index (χ1) is 20.8. The molecule has 0 aromatic rings. The molecule has 0 aromatic heterocycles. The van der Waals surface area contributed by atoms with Crippen molar-refractivity contribution < 1.29 is 26.1 Å². The number of nitrogens with zero attached hydrogens (tertiary/aromatic N) is 4. The maximum atomic E-state index is 6.44. The zero-order valence-corrected chi connectivity index (χ0v) is 28.0. The molecule has 2 N–H and O–H groups in total. The van der Waals surface area contributed by atoms with Gasteiger partial charge in [0.15, 0.2) is 0 Å². The number of nitrogens with one attached hydrogen (secondary N) is 2. The van der Waals surface area contributed by atoms with Gasteiger partial charge in [-0.3, -0.25) is 0 Å². The van der Waals surface area contributed by atoms with Gasteiger partial charge >= 0.3 is 267 Å². The van der Waals surface area contributed by atoms with Crippen molar-refractivity contribution in [2.45, 2.75) is 53.4 Å². The molecule has 4 heterocycles. The van der Waals surface area contributed by atoms with E-state index in [0.29, 0.717) is 58.5 Å². The molecule has 11 heteroatoms. The molecule has 0 atom stereocenters. The third-order valence-corrected chi connectivity index (χ3v) is 15.4. The summed E-state index contributed by atoms with van der Waals surface area (Å²) in [6.07, 6.45) is 16.5. The van der Waals surface area contributed by atoms with Crippen LogP contribution in [-0.2, 0) is 16.6 Å². The molecular formula is C32H36Cl2N6O2Ti. The minimum atomic E-state index is -3.89. The third kappa shape index (κ3) is 5.95. The van der Waals surface area contributed by atoms with Crippen molar-refractivity contribution >= 4 is 31.5 Å². The summed E-state index contributed by atoms with van der Waals surface area (Å²) in [5.41, 5.74) is 2.83. The molecule has 0 saturated heterocycles. The number of hydrogen-bond acceptors (Lipinski definition) is 6. The normalized spacial score (nSPS) is 15.0. The van der Waals surface area contributed by atoms with E-state index >= 15 is 0 Å². The van der Waals surface area contributed by atoms with Crippen LogP contribution in [-0.4, -0.2) is 43.1 Å². The Morgan fingerprint density at radius 3 is 1.53 bits per heavy atom. The van der Waals surface area contributed by atoms with Gasteiger partial charge in [-0.25, -0.2) is 0 Å². The van der Waals surface area contributed by atoms with Crippen LogP contribution in [0.25, 0.3) is 22.8 Å². The molecule has 0 aromatic carbocycles. The van der Waals surface area contributed by atoms with Crippen LogP contribution in [0.1, 0.15) is 53.4 Å². The predicted octanol–water partition coefficient (Wildman–Crippen LogP) is 7.08. The molecule has 0 bridgehead atoms. The molecule has 43 heavy (non-hydrogen) atoms. The number of fused-ring (bicyclic) bond motifs is 2. The van der Waals surface area contributed by atoms with Gasteiger partial charge < -0.3 is 0 Å². The van der Waals surface area contributed by atoms with Crippen molar-refractivity contribution in [3.63, 3.8) is 0 Å². The number of allylic oxidation sites excluding steroid dienone is 8. The van der Waals surface area contributed by atoms with Crippen LogP contribution >= 0.6 is 23.2 Å². The zero-order valence-electron chi connectivity index (χ0n) is 24.9. The summed E-state index contributed by atoms with van der Waals surface area (Å²) in [6, 6.07) is 3.68. The topological polar surface area (TPSA) is 102 Å². The van der Waals surface area contributed by atoms with Gasteiger partial charge in [-0.2, -0.15) is 0 Å². The summed E-state index contributed by atoms with van der Waals surface area (Å²) in [4.78, 5) is 27.0. The van der Waals surface area contributed by atoms with Crippen molar-refractivity contribution in [2.24, 2.45) is 11.8 Å². The molecule has 2 aliphatic carbocycles. The molecular weight excluding hydrogens is 619 g/mol. The van der Waals surface area contributed by atoms with Crippen LogP contribution in [0.15, 0.2) is 56.3 Å². The third-order valence-electron chi connectivity index (χ3n) is 7.90. The molecule has 0 spiro atoms. The second-order valence-corrected chi connectivity index (χ2v) is 18.5. The van der Waals surface area contributed by atoms with Crippen LogP contribution in [0.2, 0.25) is 10.3 Å². The van der Waals surface area contributed by atoms with Crippen molar-refractivity contribution in [1.82, 2.24) is 29.9 Å². The minimum absolute atomic E-state index is 0.393. The quantitative estimate of drug-likeness (QED) is 0.158. The second kappa shape index (κ2) is 12.6. The van der Waals surface area contributed by atoms with E-state index in [2.05, 4.69) is 84.1 Å². The molecule has 6 aliphatic rings. The fourth-order valence-corrected chi connectivity index (χ4v) is 13.2. The molecule has 0 radical (unpaired) electrons. The molecule has 4 aliphatic heterocycles. The summed E-state index contributed by atoms with van der Waals surface area (Å²) < 4.78 is 16.9. The Morgan fingerprint density at radius 1 is 0.721 bits per heavy atom. The van der Waals surface area contributed by atoms with E-state index in [1.165, 1.54) is 7.76 Å². The van der Waals surface area contributed by atoms with Crippen molar-refractivity contribution in [1.29, 1.82) is 0 Å². The Morgan fingerprint density at radius 2 is 1.16 bits per heavy atom. The van der Waals surface area contributed by atoms with E-state index < -0.39 is 16.6 Å². The Bertz CT molecular complexity index is 1560. The number of rotatable bonds is 12. The summed E-state index contributed by atoms with van der Waals surface area (Å²) >= 11 is 8.99. The number of H-pyrrole nitrogens is 2. The molecule has 0 unspecified atom stereocenters. The van der Waals surface area contributed by atoms with Crippen LogP contribution in [0.4, 0.5) is 0 Å². The van der Waals surface area contributed by atoms with E-state index in [1.807, 2.05) is 12.1 Å². The average Bonchev–Trinajstić information content (AvgIpc) is 3.76.